The van der Waals surface area contributed by atoms with Gasteiger partial charge in [0.2, 0.25) is 5.91 Å². The first kappa shape index (κ1) is 19.9. The molecule has 3 aliphatic rings. The Morgan fingerprint density at radius 2 is 2.21 bits per heavy atom. The van der Waals surface area contributed by atoms with Crippen LogP contribution in [-0.4, -0.2) is 66.1 Å². The molecule has 0 aromatic carbocycles. The van der Waals surface area contributed by atoms with Crippen LogP contribution in [0.3, 0.4) is 0 Å². The number of likely N-dealkylation sites (tertiary alicyclic amines) is 1. The molecule has 3 unspecified atom stereocenters. The van der Waals surface area contributed by atoms with E-state index in [0.29, 0.717) is 37.6 Å². The lowest BCUT2D eigenvalue weighted by Crippen LogP contribution is -2.66. The van der Waals surface area contributed by atoms with Crippen LogP contribution in [0.4, 0.5) is 0 Å². The maximum Gasteiger partial charge on any atom is 0.223 e. The van der Waals surface area contributed by atoms with E-state index >= 15 is 0 Å². The van der Waals surface area contributed by atoms with Crippen molar-refractivity contribution in [1.82, 2.24) is 20.0 Å². The number of aromatic nitrogens is 2. The number of aryl methyl sites for hydroxylation is 1. The van der Waals surface area contributed by atoms with E-state index in [2.05, 4.69) is 31.2 Å². The van der Waals surface area contributed by atoms with E-state index in [1.165, 1.54) is 0 Å². The van der Waals surface area contributed by atoms with Crippen molar-refractivity contribution < 1.29 is 14.3 Å². The molecule has 1 aromatic heterocycles. The Kier molecular flexibility index (Phi) is 5.27. The fraction of sp³-hybridized carbons (Fsp3) is 0.810. The number of nitrogens with zero attached hydrogens (tertiary/aromatic N) is 3. The van der Waals surface area contributed by atoms with E-state index in [1.54, 1.807) is 7.11 Å². The number of carbonyl (C=O) groups is 1. The van der Waals surface area contributed by atoms with Gasteiger partial charge >= 0.3 is 0 Å². The summed E-state index contributed by atoms with van der Waals surface area (Å²) >= 11 is 0. The Morgan fingerprint density at radius 3 is 2.89 bits per heavy atom. The number of fused-ring (bicyclic) bond motifs is 1. The molecule has 7 heteroatoms. The van der Waals surface area contributed by atoms with Crippen LogP contribution in [0.5, 0.6) is 0 Å². The molecule has 1 aliphatic carbocycles. The highest BCUT2D eigenvalue weighted by atomic mass is 16.5. The molecule has 28 heavy (non-hydrogen) atoms. The molecule has 5 atom stereocenters. The van der Waals surface area contributed by atoms with Crippen LogP contribution in [0.25, 0.3) is 0 Å². The van der Waals surface area contributed by atoms with Gasteiger partial charge in [-0.25, -0.2) is 0 Å². The van der Waals surface area contributed by atoms with E-state index in [9.17, 15) is 4.79 Å². The summed E-state index contributed by atoms with van der Waals surface area (Å²) in [5, 5.41) is 8.26. The van der Waals surface area contributed by atoms with Crippen molar-refractivity contribution in [2.75, 3.05) is 33.4 Å². The molecule has 7 nitrogen and oxygen atoms in total. The predicted molar refractivity (Wildman–Crippen MR) is 106 cm³/mol. The van der Waals surface area contributed by atoms with Gasteiger partial charge < -0.3 is 19.7 Å². The number of hydrogen-bond acceptors (Lipinski definition) is 5. The van der Waals surface area contributed by atoms with E-state index in [4.69, 9.17) is 9.47 Å². The molecule has 3 heterocycles. The van der Waals surface area contributed by atoms with Crippen LogP contribution >= 0.6 is 0 Å². The van der Waals surface area contributed by atoms with Gasteiger partial charge in [0.15, 0.2) is 0 Å². The minimum absolute atomic E-state index is 0.0580. The van der Waals surface area contributed by atoms with Crippen molar-refractivity contribution in [2.45, 2.75) is 51.8 Å². The van der Waals surface area contributed by atoms with Gasteiger partial charge in [-0.3, -0.25) is 9.48 Å². The van der Waals surface area contributed by atoms with Crippen LogP contribution in [-0.2, 0) is 21.3 Å². The third-order valence-electron chi connectivity index (χ3n) is 7.37. The highest BCUT2D eigenvalue weighted by Crippen LogP contribution is 2.52. The van der Waals surface area contributed by atoms with Gasteiger partial charge in [-0.1, -0.05) is 13.8 Å². The second kappa shape index (κ2) is 7.43. The average Bonchev–Trinajstić information content (AvgIpc) is 3.32. The fourth-order valence-electron chi connectivity index (χ4n) is 5.74. The highest BCUT2D eigenvalue weighted by Gasteiger charge is 2.59. The topological polar surface area (TPSA) is 68.6 Å². The van der Waals surface area contributed by atoms with Gasteiger partial charge in [-0.05, 0) is 13.3 Å². The molecule has 0 bridgehead atoms. The number of carbonyl (C=O) groups excluding carboxylic acids is 1. The van der Waals surface area contributed by atoms with E-state index < -0.39 is 0 Å². The van der Waals surface area contributed by atoms with Crippen molar-refractivity contribution in [3.63, 3.8) is 0 Å². The lowest BCUT2D eigenvalue weighted by Gasteiger charge is -2.55. The van der Waals surface area contributed by atoms with Crippen molar-refractivity contribution in [3.8, 4) is 0 Å². The molecule has 3 fully saturated rings. The van der Waals surface area contributed by atoms with Crippen molar-refractivity contribution in [2.24, 2.45) is 24.3 Å². The van der Waals surface area contributed by atoms with Gasteiger partial charge in [-0.2, -0.15) is 5.10 Å². The summed E-state index contributed by atoms with van der Waals surface area (Å²) < 4.78 is 13.1. The summed E-state index contributed by atoms with van der Waals surface area (Å²) in [6.07, 6.45) is 4.03. The number of rotatable bonds is 7. The first-order valence-corrected chi connectivity index (χ1v) is 10.5. The summed E-state index contributed by atoms with van der Waals surface area (Å²) in [4.78, 5) is 14.8. The monoisotopic (exact) mass is 390 g/mol. The molecule has 1 amide bonds. The molecule has 1 aromatic rings. The van der Waals surface area contributed by atoms with Crippen molar-refractivity contribution in [3.05, 3.63) is 17.5 Å². The van der Waals surface area contributed by atoms with Gasteiger partial charge in [-0.15, -0.1) is 0 Å². The number of amides is 1. The minimum Gasteiger partial charge on any atom is -0.383 e. The van der Waals surface area contributed by atoms with Crippen LogP contribution < -0.4 is 5.32 Å². The van der Waals surface area contributed by atoms with E-state index in [0.717, 1.165) is 30.8 Å². The number of methoxy groups -OCH3 is 1. The van der Waals surface area contributed by atoms with Gasteiger partial charge in [0.1, 0.15) is 0 Å². The quantitative estimate of drug-likeness (QED) is 0.767. The molecule has 1 saturated carbocycles. The molecular formula is C21H34N4O3. The molecule has 2 aliphatic heterocycles. The van der Waals surface area contributed by atoms with Crippen LogP contribution in [0.15, 0.2) is 6.20 Å². The summed E-state index contributed by atoms with van der Waals surface area (Å²) in [6.45, 7) is 9.57. The molecule has 156 valence electrons. The van der Waals surface area contributed by atoms with Gasteiger partial charge in [0.25, 0.3) is 0 Å². The van der Waals surface area contributed by atoms with Crippen molar-refractivity contribution >= 4 is 5.91 Å². The maximum absolute atomic E-state index is 12.8. The maximum atomic E-state index is 12.8. The van der Waals surface area contributed by atoms with Crippen LogP contribution in [0.2, 0.25) is 0 Å². The third-order valence-corrected chi connectivity index (χ3v) is 7.37. The SMILES string of the molecule is COCCN1C(=O)C[C@@H](CNC2C3CCOC3C2(C)C)[C@@H]1c1cnn(C)c1C. The molecular weight excluding hydrogens is 356 g/mol. The van der Waals surface area contributed by atoms with Crippen molar-refractivity contribution in [1.29, 1.82) is 0 Å². The molecule has 0 radical (unpaired) electrons. The Bertz CT molecular complexity index is 731. The Labute approximate surface area is 167 Å². The summed E-state index contributed by atoms with van der Waals surface area (Å²) in [5.74, 6) is 1.06. The van der Waals surface area contributed by atoms with E-state index in [1.807, 2.05) is 22.8 Å². The van der Waals surface area contributed by atoms with Crippen LogP contribution in [0.1, 0.15) is 44.0 Å². The summed E-state index contributed by atoms with van der Waals surface area (Å²) in [5.41, 5.74) is 2.44. The number of hydrogen-bond donors (Lipinski definition) is 1. The second-order valence-corrected chi connectivity index (χ2v) is 9.25. The summed E-state index contributed by atoms with van der Waals surface area (Å²) in [6, 6.07) is 0.515. The minimum atomic E-state index is 0.0580. The zero-order valence-corrected chi connectivity index (χ0v) is 17.8. The average molecular weight is 391 g/mol. The van der Waals surface area contributed by atoms with E-state index in [-0.39, 0.29) is 23.3 Å². The lowest BCUT2D eigenvalue weighted by molar-refractivity contribution is -0.129. The van der Waals surface area contributed by atoms with Gasteiger partial charge in [0, 0.05) is 74.8 Å². The zero-order valence-electron chi connectivity index (χ0n) is 17.8. The zero-order chi connectivity index (χ0) is 20.1. The molecule has 4 rings (SSSR count). The first-order chi connectivity index (χ1) is 13.4. The first-order valence-electron chi connectivity index (χ1n) is 10.5. The largest absolute Gasteiger partial charge is 0.383 e. The summed E-state index contributed by atoms with van der Waals surface area (Å²) in [7, 11) is 3.64. The standard InChI is InChI=1S/C21H34N4O3/c1-13-16(12-23-24(13)4)18-14(10-17(26)25(18)7-9-27-5)11-22-19-15-6-8-28-20(15)21(19,2)3/h12,14-15,18-20,22H,6-11H2,1-5H3/t14-,15?,18+,19?,20?/m0/s1. The van der Waals surface area contributed by atoms with Gasteiger partial charge in [0.05, 0.1) is 24.9 Å². The third kappa shape index (κ3) is 3.08. The smallest absolute Gasteiger partial charge is 0.223 e. The molecule has 2 saturated heterocycles. The lowest BCUT2D eigenvalue weighted by atomic mass is 9.57. The predicted octanol–water partition coefficient (Wildman–Crippen LogP) is 1.67. The Morgan fingerprint density at radius 1 is 1.43 bits per heavy atom. The second-order valence-electron chi connectivity index (χ2n) is 9.25. The highest BCUT2D eigenvalue weighted by molar-refractivity contribution is 5.79. The Hall–Kier alpha value is -1.44. The number of ether oxygens (including phenoxy) is 2. The fourth-order valence-corrected chi connectivity index (χ4v) is 5.74. The molecule has 1 N–H and O–H groups in total. The van der Waals surface area contributed by atoms with Crippen LogP contribution in [0, 0.1) is 24.2 Å². The number of nitrogens with one attached hydrogen (secondary N) is 1. The molecule has 0 spiro atoms. The normalized spacial score (nSPS) is 34.0. The Balaban J connectivity index is 1.51.